The summed E-state index contributed by atoms with van der Waals surface area (Å²) in [5.74, 6) is 2.97. The van der Waals surface area contributed by atoms with Gasteiger partial charge in [0.25, 0.3) is 0 Å². The number of aromatic nitrogens is 2. The van der Waals surface area contributed by atoms with Crippen LogP contribution in [0.5, 0.6) is 5.75 Å². The first-order valence-electron chi connectivity index (χ1n) is 41.2. The molecule has 10 aromatic rings. The van der Waals surface area contributed by atoms with Crippen LogP contribution < -0.4 is 4.74 Å². The van der Waals surface area contributed by atoms with Crippen LogP contribution in [0.15, 0.2) is 158 Å². The Balaban J connectivity index is 0.000000701. The molecule has 0 aliphatic rings. The van der Waals surface area contributed by atoms with Gasteiger partial charge in [-0.1, -0.05) is 270 Å². The first kappa shape index (κ1) is 114. The largest absolute Gasteiger partial charge is 0.496 e. The highest BCUT2D eigenvalue weighted by Crippen LogP contribution is 2.38. The number of methoxy groups -OCH3 is 1. The van der Waals surface area contributed by atoms with Gasteiger partial charge < -0.3 is 4.74 Å². The number of hydrogen-bond donors (Lipinski definition) is 0. The number of aryl methyl sites for hydroxylation is 7. The fourth-order valence-corrected chi connectivity index (χ4v) is 11.8. The second kappa shape index (κ2) is 53.7. The fourth-order valence-electron chi connectivity index (χ4n) is 11.0. The van der Waals surface area contributed by atoms with Crippen LogP contribution in [-0.4, -0.2) is 17.1 Å². The number of pyridine rings is 2. The fraction of sp³-hybridized carbons (Fsp3) is 0.398. The van der Waals surface area contributed by atoms with Crippen molar-refractivity contribution in [1.29, 1.82) is 21.0 Å². The molecule has 0 aliphatic heterocycles. The van der Waals surface area contributed by atoms with Gasteiger partial charge in [0, 0.05) is 17.4 Å². The van der Waals surface area contributed by atoms with Gasteiger partial charge in [-0.05, 0) is 263 Å². The molecule has 0 saturated heterocycles. The number of rotatable bonds is 11. The lowest BCUT2D eigenvalue weighted by molar-refractivity contribution is -0.138. The number of hydrogen-bond acceptors (Lipinski definition) is 7. The zero-order valence-corrected chi connectivity index (χ0v) is 80.4. The molecule has 0 aliphatic carbocycles. The molecule has 2 heterocycles. The van der Waals surface area contributed by atoms with Gasteiger partial charge in [0.15, 0.2) is 11.4 Å². The van der Waals surface area contributed by atoms with Gasteiger partial charge in [-0.25, -0.2) is 23.1 Å². The number of ether oxygens (including phenoxy) is 1. The summed E-state index contributed by atoms with van der Waals surface area (Å²) in [4.78, 5) is 7.43. The van der Waals surface area contributed by atoms with Gasteiger partial charge in [-0.15, -0.1) is 0 Å². The number of nitriles is 4. The van der Waals surface area contributed by atoms with Gasteiger partial charge in [-0.2, -0.15) is 60.6 Å². The molecule has 0 saturated carbocycles. The van der Waals surface area contributed by atoms with E-state index in [0.717, 1.165) is 50.2 Å². The van der Waals surface area contributed by atoms with E-state index >= 15 is 0 Å². The lowest BCUT2D eigenvalue weighted by atomic mass is 9.98. The van der Waals surface area contributed by atoms with E-state index < -0.39 is 46.7 Å². The molecule has 0 unspecified atom stereocenters. The smallest absolute Gasteiger partial charge is 0.419 e. The van der Waals surface area contributed by atoms with Crippen LogP contribution in [0.4, 0.5) is 52.7 Å². The highest BCUT2D eigenvalue weighted by Gasteiger charge is 2.36. The topological polar surface area (TPSA) is 130 Å². The highest BCUT2D eigenvalue weighted by molar-refractivity contribution is 6.32. The maximum absolute atomic E-state index is 13.4. The van der Waals surface area contributed by atoms with Crippen molar-refractivity contribution in [3.63, 3.8) is 0 Å². The molecule has 8 aromatic carbocycles. The van der Waals surface area contributed by atoms with Crippen LogP contribution in [0.3, 0.4) is 0 Å². The normalized spacial score (nSPS) is 10.9. The molecule has 0 fully saturated rings. The van der Waals surface area contributed by atoms with Crippen molar-refractivity contribution < 1.29 is 57.4 Å². The first-order valence-corrected chi connectivity index (χ1v) is 42.7. The van der Waals surface area contributed by atoms with Crippen molar-refractivity contribution >= 4 is 46.4 Å². The van der Waals surface area contributed by atoms with Gasteiger partial charge in [0.05, 0.1) is 50.0 Å². The van der Waals surface area contributed by atoms with Crippen molar-refractivity contribution in [3.8, 4) is 30.0 Å². The Morgan fingerprint density at radius 1 is 0.294 bits per heavy atom. The van der Waals surface area contributed by atoms with E-state index in [9.17, 15) is 52.7 Å². The Morgan fingerprint density at radius 3 is 0.992 bits per heavy atom. The van der Waals surface area contributed by atoms with Crippen LogP contribution in [0.2, 0.25) is 20.1 Å². The van der Waals surface area contributed by atoms with E-state index in [0.29, 0.717) is 62.0 Å². The SMILES string of the molecule is CC(C)c1cc(Cl)c(C#N)cc1F.CC(C)c1ccc(C#N)c(Cl)c1F.CC(C)c1cnc(C#N)c(C(F)(F)F)c1.CC(C)c1cnc(C#N)c(Cl)c1.COc1cc(C(C)C)ccc1C.Cc1ccc(C(C)C)cc1C.Cc1ccc(C(C)C)cc1C(F)(F)F.Cc1ccc(C(C)C)cc1C(F)(F)F.Cc1ccc(C(C)C)cc1Cl.Cc1ccc(C(C)C)cc1F. The maximum atomic E-state index is 13.4. The van der Waals surface area contributed by atoms with Gasteiger partial charge in [-0.3, -0.25) is 0 Å². The minimum atomic E-state index is -4.52. The van der Waals surface area contributed by atoms with Gasteiger partial charge in [0.2, 0.25) is 0 Å². The Labute approximate surface area is 761 Å². The van der Waals surface area contributed by atoms with E-state index in [1.165, 1.54) is 95.9 Å². The summed E-state index contributed by atoms with van der Waals surface area (Å²) in [5.41, 5.74) is 13.7. The molecule has 0 radical (unpaired) electrons. The van der Waals surface area contributed by atoms with Crippen LogP contribution in [-0.2, 0) is 18.5 Å². The minimum absolute atomic E-state index is 0.0497. The summed E-state index contributed by atoms with van der Waals surface area (Å²) < 4.78 is 157. The van der Waals surface area contributed by atoms with E-state index in [1.54, 1.807) is 70.5 Å². The first-order chi connectivity index (χ1) is 58.3. The lowest BCUT2D eigenvalue weighted by Crippen LogP contribution is -2.10. The zero-order valence-electron chi connectivity index (χ0n) is 77.4. The Morgan fingerprint density at radius 2 is 0.635 bits per heavy atom. The average Bonchev–Trinajstić information content (AvgIpc) is 0.824. The Kier molecular flexibility index (Phi) is 48.6. The van der Waals surface area contributed by atoms with E-state index in [-0.39, 0.29) is 68.5 Å². The summed E-state index contributed by atoms with van der Waals surface area (Å²) in [6, 6.07) is 49.4. The molecule has 126 heavy (non-hydrogen) atoms. The van der Waals surface area contributed by atoms with Crippen LogP contribution in [0.1, 0.15) is 331 Å². The third kappa shape index (κ3) is 38.4. The lowest BCUT2D eigenvalue weighted by Gasteiger charge is -2.13. The van der Waals surface area contributed by atoms with Crippen molar-refractivity contribution in [3.05, 3.63) is 329 Å². The molecule has 0 spiro atoms. The maximum Gasteiger partial charge on any atom is 0.419 e. The zero-order chi connectivity index (χ0) is 97.1. The predicted octanol–water partition coefficient (Wildman–Crippen LogP) is 34.6. The summed E-state index contributed by atoms with van der Waals surface area (Å²) >= 11 is 23.1. The molecular weight excluding hydrogens is 1710 g/mol. The van der Waals surface area contributed by atoms with Gasteiger partial charge >= 0.3 is 18.5 Å². The van der Waals surface area contributed by atoms with Crippen molar-refractivity contribution in [2.24, 2.45) is 0 Å². The summed E-state index contributed by atoms with van der Waals surface area (Å²) in [7, 11) is 1.71. The number of nitrogens with zero attached hydrogens (tertiary/aromatic N) is 6. The molecule has 2 aromatic heterocycles. The monoisotopic (exact) mass is 1820 g/mol. The molecule has 0 amide bonds. The summed E-state index contributed by atoms with van der Waals surface area (Å²) in [5, 5.41) is 35.7. The van der Waals surface area contributed by atoms with Crippen LogP contribution in [0.25, 0.3) is 0 Å². The Hall–Kier alpha value is -9.86. The van der Waals surface area contributed by atoms with Crippen molar-refractivity contribution in [1.82, 2.24) is 9.97 Å². The average molecular weight is 1830 g/mol. The molecular formula is C103H120Cl4F12N6O. The second-order valence-electron chi connectivity index (χ2n) is 33.2. The Bertz CT molecular complexity index is 5080. The van der Waals surface area contributed by atoms with Crippen molar-refractivity contribution in [2.45, 2.75) is 265 Å². The third-order valence-corrected chi connectivity index (χ3v) is 21.2. The summed E-state index contributed by atoms with van der Waals surface area (Å²) in [6.07, 6.45) is -10.0. The number of alkyl halides is 9. The van der Waals surface area contributed by atoms with E-state index in [1.807, 2.05) is 98.7 Å². The highest BCUT2D eigenvalue weighted by atomic mass is 35.5. The standard InChI is InChI=1S/2C11H13F3.C11H16O.C11H16.2C10H9ClFN.C10H13Cl.C10H9F3N2.C10H13F.C9H9ClN2/c2*1-7(2)9-5-4-8(3)10(6-9)11(12,13)14;1-8(2)10-6-5-9(3)11(7-10)12-4;1-8(2)11-6-5-9(3)10(4)7-11;1-6(2)8-4-9(11)7(5-13)3-10(8)12;1-6(2)8-4-3-7(5-13)9(11)10(8)12;1-7(2)9-5-4-8(3)10(11)6-9;1-6(2)7-3-8(10(11,12)13)9(4-14)15-5-7;1-7(2)9-5-4-8(3)10(11)6-9;1-6(2)7-3-8(10)9(4-11)12-5-7/h2*4-7H,1-3H3;5-8H,1-4H3;5-8H,1-4H3;2*3-4,6H,1-2H3;4-7H,1-3H3;3,5-6H,1-2H3;4-7H,1-3H3;3,5-6H,1-2H3. The molecule has 0 N–H and O–H groups in total. The number of halogens is 16. The number of benzene rings is 8. The van der Waals surface area contributed by atoms with Crippen LogP contribution >= 0.6 is 46.4 Å². The quantitative estimate of drug-likeness (QED) is 0.118. The van der Waals surface area contributed by atoms with E-state index in [4.69, 9.17) is 72.2 Å². The third-order valence-electron chi connectivity index (χ3n) is 19.8. The van der Waals surface area contributed by atoms with Crippen molar-refractivity contribution in [2.75, 3.05) is 7.11 Å². The minimum Gasteiger partial charge on any atom is -0.496 e. The molecule has 0 bridgehead atoms. The predicted molar refractivity (Wildman–Crippen MR) is 494 cm³/mol. The molecule has 23 heteroatoms. The molecule has 0 atom stereocenters. The molecule has 7 nitrogen and oxygen atoms in total. The second-order valence-corrected chi connectivity index (χ2v) is 34.8. The molecule has 680 valence electrons. The van der Waals surface area contributed by atoms with Crippen LogP contribution in [0, 0.1) is 111 Å². The summed E-state index contributed by atoms with van der Waals surface area (Å²) in [6.45, 7) is 53.1. The van der Waals surface area contributed by atoms with E-state index in [2.05, 4.69) is 149 Å². The van der Waals surface area contributed by atoms with Gasteiger partial charge in [0.1, 0.15) is 47.5 Å². The molecule has 10 rings (SSSR count).